The Morgan fingerprint density at radius 1 is 0.903 bits per heavy atom. The molecule has 0 fully saturated rings. The number of carbonyl (C=O) groups is 3. The maximum Gasteiger partial charge on any atom is 0.355 e. The second-order valence-corrected chi connectivity index (χ2v) is 6.69. The largest absolute Gasteiger partial charge is 0.465 e. The van der Waals surface area contributed by atoms with Crippen molar-refractivity contribution in [1.29, 1.82) is 0 Å². The zero-order valence-electron chi connectivity index (χ0n) is 17.4. The fraction of sp³-hybridized carbons (Fsp3) is 0.125. The number of aryl methyl sites for hydroxylation is 1. The summed E-state index contributed by atoms with van der Waals surface area (Å²) in [5, 5.41) is 2.85. The summed E-state index contributed by atoms with van der Waals surface area (Å²) in [6.45, 7) is 1.95. The van der Waals surface area contributed by atoms with Crippen LogP contribution >= 0.6 is 0 Å². The molecule has 2 aromatic rings. The lowest BCUT2D eigenvalue weighted by molar-refractivity contribution is -0.139. The summed E-state index contributed by atoms with van der Waals surface area (Å²) in [4.78, 5) is 38.9. The van der Waals surface area contributed by atoms with Crippen LogP contribution in [0.1, 0.15) is 15.9 Å². The van der Waals surface area contributed by atoms with Crippen molar-refractivity contribution in [1.82, 2.24) is 0 Å². The predicted molar refractivity (Wildman–Crippen MR) is 117 cm³/mol. The standard InChI is InChI=1S/C24H22N2O5/c1-16-10-12-17(13-11-16)22(27)25-18-7-6-8-19(15-18)26-14-5-4-9-20(23(28)30-2)21(26)24(29)31-3/h4-15H,1-3H3,(H,25,27). The average molecular weight is 418 g/mol. The third kappa shape index (κ3) is 4.90. The first-order chi connectivity index (χ1) is 14.9. The van der Waals surface area contributed by atoms with Gasteiger partial charge in [-0.3, -0.25) is 4.79 Å². The molecule has 1 aliphatic heterocycles. The Bertz CT molecular complexity index is 1100. The summed E-state index contributed by atoms with van der Waals surface area (Å²) in [5.41, 5.74) is 2.71. The van der Waals surface area contributed by atoms with Crippen molar-refractivity contribution in [3.05, 3.63) is 95.4 Å². The smallest absolute Gasteiger partial charge is 0.355 e. The number of nitrogens with one attached hydrogen (secondary N) is 1. The summed E-state index contributed by atoms with van der Waals surface area (Å²) >= 11 is 0. The lowest BCUT2D eigenvalue weighted by Gasteiger charge is -2.23. The van der Waals surface area contributed by atoms with Crippen molar-refractivity contribution in [3.8, 4) is 0 Å². The molecule has 0 saturated carbocycles. The molecule has 1 aliphatic rings. The Hall–Kier alpha value is -4.13. The number of allylic oxidation sites excluding steroid dienone is 2. The van der Waals surface area contributed by atoms with Crippen LogP contribution in [0.25, 0.3) is 0 Å². The molecule has 31 heavy (non-hydrogen) atoms. The van der Waals surface area contributed by atoms with Crippen LogP contribution in [0.4, 0.5) is 11.4 Å². The minimum Gasteiger partial charge on any atom is -0.465 e. The Labute approximate surface area is 180 Å². The first kappa shape index (κ1) is 21.6. The van der Waals surface area contributed by atoms with Crippen molar-refractivity contribution in [2.24, 2.45) is 0 Å². The maximum atomic E-state index is 12.6. The molecule has 7 heteroatoms. The van der Waals surface area contributed by atoms with E-state index in [1.165, 1.54) is 25.2 Å². The number of hydrogen-bond acceptors (Lipinski definition) is 6. The van der Waals surface area contributed by atoms with E-state index in [1.807, 2.05) is 19.1 Å². The zero-order chi connectivity index (χ0) is 22.4. The van der Waals surface area contributed by atoms with Gasteiger partial charge in [0.05, 0.1) is 19.8 Å². The van der Waals surface area contributed by atoms with Gasteiger partial charge in [-0.1, -0.05) is 29.8 Å². The van der Waals surface area contributed by atoms with Crippen molar-refractivity contribution in [2.75, 3.05) is 24.4 Å². The van der Waals surface area contributed by atoms with E-state index in [0.29, 0.717) is 16.9 Å². The number of esters is 2. The number of ether oxygens (including phenoxy) is 2. The molecule has 0 spiro atoms. The van der Waals surface area contributed by atoms with Gasteiger partial charge in [0.1, 0.15) is 5.70 Å². The average Bonchev–Trinajstić information content (AvgIpc) is 3.01. The highest BCUT2D eigenvalue weighted by molar-refractivity contribution is 6.06. The van der Waals surface area contributed by atoms with E-state index < -0.39 is 11.9 Å². The van der Waals surface area contributed by atoms with Crippen molar-refractivity contribution in [2.45, 2.75) is 6.92 Å². The van der Waals surface area contributed by atoms with E-state index in [0.717, 1.165) is 5.56 Å². The van der Waals surface area contributed by atoms with E-state index in [2.05, 4.69) is 5.32 Å². The summed E-state index contributed by atoms with van der Waals surface area (Å²) in [6, 6.07) is 14.1. The molecule has 1 heterocycles. The second-order valence-electron chi connectivity index (χ2n) is 6.69. The van der Waals surface area contributed by atoms with Gasteiger partial charge in [0.25, 0.3) is 5.91 Å². The lowest BCUT2D eigenvalue weighted by Crippen LogP contribution is -2.27. The van der Waals surface area contributed by atoms with Gasteiger partial charge in [0.2, 0.25) is 0 Å². The Morgan fingerprint density at radius 2 is 1.61 bits per heavy atom. The van der Waals surface area contributed by atoms with E-state index in [1.54, 1.807) is 54.8 Å². The van der Waals surface area contributed by atoms with Gasteiger partial charge in [0, 0.05) is 23.1 Å². The SMILES string of the molecule is COC(=O)C1=C(C(=O)OC)N(c2cccc(NC(=O)c3ccc(C)cc3)c2)C=CC=C1. The van der Waals surface area contributed by atoms with Crippen LogP contribution in [-0.4, -0.2) is 32.1 Å². The van der Waals surface area contributed by atoms with E-state index >= 15 is 0 Å². The molecular formula is C24H22N2O5. The number of nitrogens with zero attached hydrogens (tertiary/aromatic N) is 1. The molecule has 158 valence electrons. The number of rotatable bonds is 5. The topological polar surface area (TPSA) is 84.9 Å². The highest BCUT2D eigenvalue weighted by atomic mass is 16.5. The summed E-state index contributed by atoms with van der Waals surface area (Å²) < 4.78 is 9.72. The summed E-state index contributed by atoms with van der Waals surface area (Å²) in [6.07, 6.45) is 6.41. The number of hydrogen-bond donors (Lipinski definition) is 1. The minimum atomic E-state index is -0.703. The summed E-state index contributed by atoms with van der Waals surface area (Å²) in [5.74, 6) is -1.64. The van der Waals surface area contributed by atoms with Crippen LogP contribution < -0.4 is 10.2 Å². The lowest BCUT2D eigenvalue weighted by atomic mass is 10.1. The van der Waals surface area contributed by atoms with Gasteiger partial charge in [-0.15, -0.1) is 0 Å². The first-order valence-electron chi connectivity index (χ1n) is 9.47. The molecule has 1 amide bonds. The molecule has 3 rings (SSSR count). The van der Waals surface area contributed by atoms with Crippen LogP contribution in [0.2, 0.25) is 0 Å². The van der Waals surface area contributed by atoms with Crippen molar-refractivity contribution < 1.29 is 23.9 Å². The Kier molecular flexibility index (Phi) is 6.67. The van der Waals surface area contributed by atoms with Gasteiger partial charge in [-0.2, -0.15) is 0 Å². The second kappa shape index (κ2) is 9.58. The molecule has 2 aromatic carbocycles. The van der Waals surface area contributed by atoms with Crippen molar-refractivity contribution in [3.63, 3.8) is 0 Å². The van der Waals surface area contributed by atoms with Gasteiger partial charge >= 0.3 is 11.9 Å². The highest BCUT2D eigenvalue weighted by Crippen LogP contribution is 2.28. The minimum absolute atomic E-state index is 0.00126. The van der Waals surface area contributed by atoms with Gasteiger partial charge in [0.15, 0.2) is 0 Å². The van der Waals surface area contributed by atoms with Crippen LogP contribution in [0.5, 0.6) is 0 Å². The quantitative estimate of drug-likeness (QED) is 0.745. The molecule has 7 nitrogen and oxygen atoms in total. The molecule has 0 saturated heterocycles. The van der Waals surface area contributed by atoms with Crippen LogP contribution in [0, 0.1) is 6.92 Å². The first-order valence-corrected chi connectivity index (χ1v) is 9.47. The maximum absolute atomic E-state index is 12.6. The Balaban J connectivity index is 1.97. The molecule has 0 radical (unpaired) electrons. The predicted octanol–water partition coefficient (Wildman–Crippen LogP) is 3.74. The third-order valence-corrected chi connectivity index (χ3v) is 4.59. The third-order valence-electron chi connectivity index (χ3n) is 4.59. The number of anilines is 2. The molecule has 0 unspecified atom stereocenters. The summed E-state index contributed by atoms with van der Waals surface area (Å²) in [7, 11) is 2.47. The fourth-order valence-corrected chi connectivity index (χ4v) is 3.01. The number of benzene rings is 2. The number of methoxy groups -OCH3 is 2. The highest BCUT2D eigenvalue weighted by Gasteiger charge is 2.27. The zero-order valence-corrected chi connectivity index (χ0v) is 17.4. The number of amides is 1. The van der Waals surface area contributed by atoms with E-state index in [4.69, 9.17) is 9.47 Å². The van der Waals surface area contributed by atoms with Crippen molar-refractivity contribution >= 4 is 29.2 Å². The molecule has 0 bridgehead atoms. The van der Waals surface area contributed by atoms with E-state index in [9.17, 15) is 14.4 Å². The normalized spacial score (nSPS) is 12.9. The molecule has 0 aliphatic carbocycles. The Morgan fingerprint density at radius 3 is 2.29 bits per heavy atom. The van der Waals surface area contributed by atoms with Gasteiger partial charge in [-0.05, 0) is 49.4 Å². The number of carbonyl (C=O) groups excluding carboxylic acids is 3. The van der Waals surface area contributed by atoms with Gasteiger partial charge < -0.3 is 19.7 Å². The van der Waals surface area contributed by atoms with Crippen LogP contribution in [0.15, 0.2) is 84.2 Å². The monoisotopic (exact) mass is 418 g/mol. The van der Waals surface area contributed by atoms with Crippen LogP contribution in [0.3, 0.4) is 0 Å². The molecule has 0 atom stereocenters. The fourth-order valence-electron chi connectivity index (χ4n) is 3.01. The molecule has 1 N–H and O–H groups in total. The van der Waals surface area contributed by atoms with E-state index in [-0.39, 0.29) is 17.2 Å². The molecular weight excluding hydrogens is 396 g/mol. The molecule has 0 aromatic heterocycles. The van der Waals surface area contributed by atoms with Crippen LogP contribution in [-0.2, 0) is 19.1 Å². The van der Waals surface area contributed by atoms with Gasteiger partial charge in [-0.25, -0.2) is 9.59 Å².